The number of hydrogen-bond donors (Lipinski definition) is 0. The maximum Gasteiger partial charge on any atom is 0.143 e. The van der Waals surface area contributed by atoms with Crippen molar-refractivity contribution in [1.29, 1.82) is 0 Å². The van der Waals surface area contributed by atoms with E-state index in [1.54, 1.807) is 6.07 Å². The molecule has 2 aromatic heterocycles. The summed E-state index contributed by atoms with van der Waals surface area (Å²) in [4.78, 5) is 4.30. The first-order valence-electron chi connectivity index (χ1n) is 6.37. The van der Waals surface area contributed by atoms with Crippen molar-refractivity contribution in [3.05, 3.63) is 29.3 Å². The van der Waals surface area contributed by atoms with Gasteiger partial charge in [0.15, 0.2) is 0 Å². The highest BCUT2D eigenvalue weighted by Gasteiger charge is 2.27. The molecule has 0 aliphatic carbocycles. The first-order chi connectivity index (χ1) is 8.23. The Morgan fingerprint density at radius 1 is 1.28 bits per heavy atom. The minimum Gasteiger partial charge on any atom is -0.345 e. The molecule has 0 aliphatic rings. The van der Waals surface area contributed by atoms with Gasteiger partial charge in [0.2, 0.25) is 0 Å². The van der Waals surface area contributed by atoms with Crippen molar-refractivity contribution in [2.75, 3.05) is 0 Å². The summed E-state index contributed by atoms with van der Waals surface area (Å²) in [6, 6.07) is 1.57. The predicted molar refractivity (Wildman–Crippen MR) is 73.5 cm³/mol. The van der Waals surface area contributed by atoms with E-state index in [1.165, 1.54) is 17.5 Å². The largest absolute Gasteiger partial charge is 0.345 e. The van der Waals surface area contributed by atoms with Crippen LogP contribution in [-0.4, -0.2) is 9.55 Å². The number of rotatable bonds is 1. The molecule has 0 amide bonds. The monoisotopic (exact) mass is 248 g/mol. The number of aryl methyl sites for hydroxylation is 1. The molecule has 0 bridgehead atoms. The molecule has 0 aromatic carbocycles. The number of nitrogens with zero attached hydrogens (tertiary/aromatic N) is 2. The Bertz CT molecular complexity index is 589. The van der Waals surface area contributed by atoms with Crippen LogP contribution >= 0.6 is 0 Å². The molecule has 0 spiro atoms. The topological polar surface area (TPSA) is 17.8 Å². The molecule has 2 rings (SSSR count). The Balaban J connectivity index is 2.92. The predicted octanol–water partition coefficient (Wildman–Crippen LogP) is 4.13. The fraction of sp³-hybridized carbons (Fsp3) is 0.533. The van der Waals surface area contributed by atoms with Crippen LogP contribution in [0.4, 0.5) is 4.39 Å². The molecule has 18 heavy (non-hydrogen) atoms. The first kappa shape index (κ1) is 13.1. The molecular formula is C15H21FN2. The van der Waals surface area contributed by atoms with Crippen LogP contribution in [0.2, 0.25) is 0 Å². The number of halogens is 1. The second kappa shape index (κ2) is 4.08. The number of fused-ring (bicyclic) bond motifs is 1. The van der Waals surface area contributed by atoms with Crippen molar-refractivity contribution in [3.8, 4) is 0 Å². The zero-order chi connectivity index (χ0) is 13.7. The van der Waals surface area contributed by atoms with E-state index >= 15 is 0 Å². The van der Waals surface area contributed by atoms with Gasteiger partial charge >= 0.3 is 0 Å². The maximum absolute atomic E-state index is 13.4. The Morgan fingerprint density at radius 2 is 1.89 bits per heavy atom. The van der Waals surface area contributed by atoms with E-state index in [2.05, 4.69) is 44.2 Å². The summed E-state index contributed by atoms with van der Waals surface area (Å²) in [6.45, 7) is 10.9. The normalized spacial score (nSPS) is 12.7. The first-order valence-corrected chi connectivity index (χ1v) is 6.37. The van der Waals surface area contributed by atoms with Crippen LogP contribution < -0.4 is 0 Å². The summed E-state index contributed by atoms with van der Waals surface area (Å²) < 4.78 is 15.5. The van der Waals surface area contributed by atoms with Gasteiger partial charge in [0.25, 0.3) is 0 Å². The second-order valence-electron chi connectivity index (χ2n) is 6.25. The van der Waals surface area contributed by atoms with E-state index in [1.807, 2.05) is 7.05 Å². The standard InChI is InChI=1S/C15H21FN2/c1-9(2)12-13-11(7-10(16)8-17-13)18(6)14(12)15(3,4)5/h7-9H,1-6H3. The van der Waals surface area contributed by atoms with Gasteiger partial charge in [-0.1, -0.05) is 34.6 Å². The SMILES string of the molecule is CC(C)c1c(C(C)(C)C)n(C)c2cc(F)cnc12. The van der Waals surface area contributed by atoms with Crippen molar-refractivity contribution in [2.24, 2.45) is 7.05 Å². The lowest BCUT2D eigenvalue weighted by Gasteiger charge is -2.23. The Morgan fingerprint density at radius 3 is 2.39 bits per heavy atom. The minimum atomic E-state index is -0.279. The van der Waals surface area contributed by atoms with Crippen LogP contribution in [0.3, 0.4) is 0 Å². The van der Waals surface area contributed by atoms with E-state index in [4.69, 9.17) is 0 Å². The molecule has 0 saturated heterocycles. The van der Waals surface area contributed by atoms with Crippen molar-refractivity contribution in [2.45, 2.75) is 46.0 Å². The molecule has 0 aliphatic heterocycles. The van der Waals surface area contributed by atoms with Gasteiger partial charge in [-0.3, -0.25) is 4.98 Å². The maximum atomic E-state index is 13.4. The summed E-state index contributed by atoms with van der Waals surface area (Å²) >= 11 is 0. The van der Waals surface area contributed by atoms with Crippen molar-refractivity contribution < 1.29 is 4.39 Å². The quantitative estimate of drug-likeness (QED) is 0.742. The molecule has 0 atom stereocenters. The van der Waals surface area contributed by atoms with Gasteiger partial charge in [0.05, 0.1) is 17.2 Å². The molecule has 2 heterocycles. The van der Waals surface area contributed by atoms with Gasteiger partial charge in [0, 0.05) is 29.8 Å². The average molecular weight is 248 g/mol. The van der Waals surface area contributed by atoms with E-state index < -0.39 is 0 Å². The van der Waals surface area contributed by atoms with Gasteiger partial charge in [-0.2, -0.15) is 0 Å². The lowest BCUT2D eigenvalue weighted by atomic mass is 9.86. The van der Waals surface area contributed by atoms with E-state index in [-0.39, 0.29) is 11.2 Å². The van der Waals surface area contributed by atoms with Crippen molar-refractivity contribution >= 4 is 11.0 Å². The molecular weight excluding hydrogens is 227 g/mol. The molecule has 2 aromatic rings. The molecule has 0 N–H and O–H groups in total. The summed E-state index contributed by atoms with van der Waals surface area (Å²) in [5, 5.41) is 0. The number of hydrogen-bond acceptors (Lipinski definition) is 1. The van der Waals surface area contributed by atoms with Crippen LogP contribution in [-0.2, 0) is 12.5 Å². The molecule has 0 unspecified atom stereocenters. The molecule has 3 heteroatoms. The Hall–Kier alpha value is -1.38. The third-order valence-corrected chi connectivity index (χ3v) is 3.33. The van der Waals surface area contributed by atoms with Crippen LogP contribution in [0.1, 0.15) is 51.8 Å². The summed E-state index contributed by atoms with van der Waals surface area (Å²) in [6.07, 6.45) is 1.31. The zero-order valence-corrected chi connectivity index (χ0v) is 12.0. The van der Waals surface area contributed by atoms with Gasteiger partial charge in [0.1, 0.15) is 5.82 Å². The zero-order valence-electron chi connectivity index (χ0n) is 12.0. The summed E-state index contributed by atoms with van der Waals surface area (Å²) in [5.74, 6) is 0.0970. The van der Waals surface area contributed by atoms with Crippen LogP contribution in [0.15, 0.2) is 12.3 Å². The smallest absolute Gasteiger partial charge is 0.143 e. The lowest BCUT2D eigenvalue weighted by molar-refractivity contribution is 0.535. The van der Waals surface area contributed by atoms with Crippen LogP contribution in [0.25, 0.3) is 11.0 Å². The molecule has 98 valence electrons. The summed E-state index contributed by atoms with van der Waals surface area (Å²) in [7, 11) is 2.00. The highest BCUT2D eigenvalue weighted by atomic mass is 19.1. The molecule has 2 nitrogen and oxygen atoms in total. The Labute approximate surface area is 108 Å². The van der Waals surface area contributed by atoms with Gasteiger partial charge in [-0.15, -0.1) is 0 Å². The van der Waals surface area contributed by atoms with E-state index in [0.29, 0.717) is 5.92 Å². The molecule has 0 fully saturated rings. The van der Waals surface area contributed by atoms with E-state index in [0.717, 1.165) is 11.0 Å². The number of aromatic nitrogens is 2. The number of pyridine rings is 1. The van der Waals surface area contributed by atoms with E-state index in [9.17, 15) is 4.39 Å². The minimum absolute atomic E-state index is 0.0194. The Kier molecular flexibility index (Phi) is 2.96. The fourth-order valence-corrected chi connectivity index (χ4v) is 2.76. The van der Waals surface area contributed by atoms with Crippen LogP contribution in [0, 0.1) is 5.82 Å². The van der Waals surface area contributed by atoms with Gasteiger partial charge in [-0.25, -0.2) is 4.39 Å². The average Bonchev–Trinajstić information content (AvgIpc) is 2.51. The van der Waals surface area contributed by atoms with Gasteiger partial charge in [-0.05, 0) is 5.92 Å². The lowest BCUT2D eigenvalue weighted by Crippen LogP contribution is -2.18. The van der Waals surface area contributed by atoms with Gasteiger partial charge < -0.3 is 4.57 Å². The fourth-order valence-electron chi connectivity index (χ4n) is 2.76. The van der Waals surface area contributed by atoms with Crippen LogP contribution in [0.5, 0.6) is 0 Å². The van der Waals surface area contributed by atoms with Crippen molar-refractivity contribution in [1.82, 2.24) is 9.55 Å². The summed E-state index contributed by atoms with van der Waals surface area (Å²) in [5.41, 5.74) is 4.30. The molecule has 0 radical (unpaired) electrons. The molecule has 0 saturated carbocycles. The second-order valence-corrected chi connectivity index (χ2v) is 6.25. The third-order valence-electron chi connectivity index (χ3n) is 3.33. The highest BCUT2D eigenvalue weighted by molar-refractivity contribution is 5.82. The third kappa shape index (κ3) is 1.92. The highest BCUT2D eigenvalue weighted by Crippen LogP contribution is 2.37. The van der Waals surface area contributed by atoms with Crippen molar-refractivity contribution in [3.63, 3.8) is 0 Å².